The average Bonchev–Trinajstić information content (AvgIpc) is 2.95. The minimum absolute atomic E-state index is 0.288. The molecule has 0 amide bonds. The van der Waals surface area contributed by atoms with Crippen molar-refractivity contribution < 1.29 is 23.9 Å². The third-order valence-electron chi connectivity index (χ3n) is 6.60. The van der Waals surface area contributed by atoms with Crippen molar-refractivity contribution in [1.29, 1.82) is 0 Å². The molecule has 0 aliphatic carbocycles. The maximum Gasteiger partial charge on any atom is 0.174 e. The molecular formula is C32H26O5. The number of hydrogen-bond acceptors (Lipinski definition) is 5. The summed E-state index contributed by atoms with van der Waals surface area (Å²) in [5.74, 6) is -2.41. The minimum atomic E-state index is -1.29. The molecule has 184 valence electrons. The van der Waals surface area contributed by atoms with Crippen molar-refractivity contribution in [2.24, 2.45) is 11.8 Å². The Kier molecular flexibility index (Phi) is 6.95. The first-order valence-corrected chi connectivity index (χ1v) is 12.3. The predicted octanol–water partition coefficient (Wildman–Crippen LogP) is 6.40. The van der Waals surface area contributed by atoms with Crippen LogP contribution in [0.4, 0.5) is 0 Å². The lowest BCUT2D eigenvalue weighted by molar-refractivity contribution is 0.0428. The van der Waals surface area contributed by atoms with Crippen molar-refractivity contribution in [2.45, 2.75) is 13.0 Å². The average molecular weight is 491 g/mol. The molecule has 1 aliphatic rings. The Morgan fingerprint density at radius 2 is 1.32 bits per heavy atom. The summed E-state index contributed by atoms with van der Waals surface area (Å²) in [5, 5.41) is 0. The Balaban J connectivity index is 1.65. The van der Waals surface area contributed by atoms with Gasteiger partial charge in [-0.2, -0.15) is 0 Å². The third kappa shape index (κ3) is 4.81. The number of Topliss-reactive ketones (excluding diaryl/α,β-unsaturated/α-hetero) is 3. The van der Waals surface area contributed by atoms with Gasteiger partial charge in [0.15, 0.2) is 17.3 Å². The number of carbonyl (C=O) groups is 3. The predicted molar refractivity (Wildman–Crippen MR) is 140 cm³/mol. The van der Waals surface area contributed by atoms with Gasteiger partial charge in [0, 0.05) is 11.1 Å². The van der Waals surface area contributed by atoms with Gasteiger partial charge in [-0.05, 0) is 48.9 Å². The van der Waals surface area contributed by atoms with E-state index >= 15 is 0 Å². The lowest BCUT2D eigenvalue weighted by Crippen LogP contribution is -2.43. The summed E-state index contributed by atoms with van der Waals surface area (Å²) in [7, 11) is 0. The van der Waals surface area contributed by atoms with Gasteiger partial charge in [-0.15, -0.1) is 0 Å². The Hall–Kier alpha value is -4.51. The second kappa shape index (κ2) is 10.6. The van der Waals surface area contributed by atoms with Gasteiger partial charge in [0.25, 0.3) is 0 Å². The van der Waals surface area contributed by atoms with Gasteiger partial charge in [0.1, 0.15) is 17.6 Å². The highest BCUT2D eigenvalue weighted by Gasteiger charge is 2.48. The lowest BCUT2D eigenvalue weighted by Gasteiger charge is -2.36. The lowest BCUT2D eigenvalue weighted by atomic mass is 9.71. The summed E-state index contributed by atoms with van der Waals surface area (Å²) in [4.78, 5) is 42.2. The van der Waals surface area contributed by atoms with E-state index in [2.05, 4.69) is 0 Å². The second-order valence-electron chi connectivity index (χ2n) is 8.86. The van der Waals surface area contributed by atoms with Crippen LogP contribution in [0.15, 0.2) is 109 Å². The Morgan fingerprint density at radius 1 is 0.757 bits per heavy atom. The van der Waals surface area contributed by atoms with E-state index < -0.39 is 29.5 Å². The van der Waals surface area contributed by atoms with Gasteiger partial charge in [0.05, 0.1) is 24.0 Å². The summed E-state index contributed by atoms with van der Waals surface area (Å²) in [5.41, 5.74) is 1.78. The summed E-state index contributed by atoms with van der Waals surface area (Å²) < 4.78 is 11.9. The fraction of sp³-hybridized carbons (Fsp3) is 0.156. The van der Waals surface area contributed by atoms with Crippen LogP contribution < -0.4 is 9.47 Å². The largest absolute Gasteiger partial charge is 0.494 e. The molecule has 0 radical (unpaired) electrons. The van der Waals surface area contributed by atoms with Crippen molar-refractivity contribution in [2.75, 3.05) is 6.61 Å². The van der Waals surface area contributed by atoms with Gasteiger partial charge in [-0.25, -0.2) is 0 Å². The Morgan fingerprint density at radius 3 is 1.97 bits per heavy atom. The topological polar surface area (TPSA) is 69.7 Å². The van der Waals surface area contributed by atoms with Crippen molar-refractivity contribution in [1.82, 2.24) is 0 Å². The molecule has 37 heavy (non-hydrogen) atoms. The Labute approximate surface area is 215 Å². The van der Waals surface area contributed by atoms with Crippen LogP contribution in [-0.2, 0) is 0 Å². The SMILES string of the molecule is CCOc1ccc(C(=O)C(C(=O)c2ccccc2)C2C(=O)c3ccccc3OC2c2ccccc2)cc1. The maximum absolute atomic E-state index is 14.1. The molecule has 0 aromatic heterocycles. The van der Waals surface area contributed by atoms with E-state index in [4.69, 9.17) is 9.47 Å². The summed E-state index contributed by atoms with van der Waals surface area (Å²) in [6.45, 7) is 2.37. The van der Waals surface area contributed by atoms with Crippen molar-refractivity contribution in [3.8, 4) is 11.5 Å². The molecule has 1 heterocycles. The molecular weight excluding hydrogens is 464 g/mol. The molecule has 0 bridgehead atoms. The van der Waals surface area contributed by atoms with Crippen molar-refractivity contribution in [3.05, 3.63) is 131 Å². The molecule has 0 saturated carbocycles. The van der Waals surface area contributed by atoms with Crippen molar-refractivity contribution >= 4 is 17.3 Å². The van der Waals surface area contributed by atoms with Gasteiger partial charge < -0.3 is 9.47 Å². The molecule has 1 aliphatic heterocycles. The van der Waals surface area contributed by atoms with Crippen LogP contribution in [0.2, 0.25) is 0 Å². The summed E-state index contributed by atoms with van der Waals surface area (Å²) >= 11 is 0. The third-order valence-corrected chi connectivity index (χ3v) is 6.60. The van der Waals surface area contributed by atoms with E-state index in [9.17, 15) is 14.4 Å². The number of carbonyl (C=O) groups excluding carboxylic acids is 3. The van der Waals surface area contributed by atoms with Crippen LogP contribution in [0.3, 0.4) is 0 Å². The number of rotatable bonds is 8. The molecule has 4 aromatic carbocycles. The normalized spacial score (nSPS) is 17.3. The number of para-hydroxylation sites is 1. The van der Waals surface area contributed by atoms with Crippen LogP contribution in [-0.4, -0.2) is 24.0 Å². The second-order valence-corrected chi connectivity index (χ2v) is 8.86. The number of hydrogen-bond donors (Lipinski definition) is 0. The number of ether oxygens (including phenoxy) is 2. The van der Waals surface area contributed by atoms with Crippen molar-refractivity contribution in [3.63, 3.8) is 0 Å². The first-order chi connectivity index (χ1) is 18.1. The molecule has 3 unspecified atom stereocenters. The maximum atomic E-state index is 14.1. The molecule has 5 rings (SSSR count). The molecule has 5 heteroatoms. The first-order valence-electron chi connectivity index (χ1n) is 12.3. The van der Waals surface area contributed by atoms with E-state index in [-0.39, 0.29) is 5.78 Å². The molecule has 3 atom stereocenters. The number of benzene rings is 4. The Bertz CT molecular complexity index is 1410. The number of fused-ring (bicyclic) bond motifs is 1. The molecule has 0 fully saturated rings. The summed E-state index contributed by atoms with van der Waals surface area (Å²) in [6, 6.07) is 31.5. The quantitative estimate of drug-likeness (QED) is 0.211. The van der Waals surface area contributed by atoms with Gasteiger partial charge >= 0.3 is 0 Å². The monoisotopic (exact) mass is 490 g/mol. The first kappa shape index (κ1) is 24.2. The highest BCUT2D eigenvalue weighted by atomic mass is 16.5. The van der Waals surface area contributed by atoms with Crippen LogP contribution >= 0.6 is 0 Å². The molecule has 0 N–H and O–H groups in total. The van der Waals surface area contributed by atoms with Gasteiger partial charge in [-0.1, -0.05) is 72.8 Å². The van der Waals surface area contributed by atoms with E-state index in [1.807, 2.05) is 37.3 Å². The highest BCUT2D eigenvalue weighted by molar-refractivity contribution is 6.20. The summed E-state index contributed by atoms with van der Waals surface area (Å²) in [6.07, 6.45) is -0.812. The van der Waals surface area contributed by atoms with Crippen LogP contribution in [0.25, 0.3) is 0 Å². The van der Waals surface area contributed by atoms with Crippen LogP contribution in [0.5, 0.6) is 11.5 Å². The van der Waals surface area contributed by atoms with E-state index in [1.54, 1.807) is 78.9 Å². The van der Waals surface area contributed by atoms with Crippen LogP contribution in [0.1, 0.15) is 49.7 Å². The van der Waals surface area contributed by atoms with E-state index in [1.165, 1.54) is 0 Å². The molecule has 4 aromatic rings. The zero-order valence-electron chi connectivity index (χ0n) is 20.4. The molecule has 0 spiro atoms. The zero-order valence-corrected chi connectivity index (χ0v) is 20.4. The van der Waals surface area contributed by atoms with Gasteiger partial charge in [-0.3, -0.25) is 14.4 Å². The van der Waals surface area contributed by atoms with Crippen LogP contribution in [0, 0.1) is 11.8 Å². The van der Waals surface area contributed by atoms with E-state index in [0.29, 0.717) is 34.8 Å². The fourth-order valence-corrected chi connectivity index (χ4v) is 4.83. The van der Waals surface area contributed by atoms with Gasteiger partial charge in [0.2, 0.25) is 0 Å². The fourth-order valence-electron chi connectivity index (χ4n) is 4.83. The number of ketones is 3. The highest BCUT2D eigenvalue weighted by Crippen LogP contribution is 2.43. The van der Waals surface area contributed by atoms with E-state index in [0.717, 1.165) is 5.56 Å². The molecule has 0 saturated heterocycles. The smallest absolute Gasteiger partial charge is 0.174 e. The minimum Gasteiger partial charge on any atom is -0.494 e. The molecule has 5 nitrogen and oxygen atoms in total. The standard InChI is InChI=1S/C32H26O5/c1-2-36-24-19-17-22(18-20-24)30(34)27(29(33)21-11-5-3-6-12-21)28-31(35)25-15-9-10-16-26(25)37-32(28)23-13-7-4-8-14-23/h3-20,27-28,32H,2H2,1H3. The zero-order chi connectivity index (χ0) is 25.8.